The zero-order valence-corrected chi connectivity index (χ0v) is 18.3. The number of ketones is 2. The largest absolute Gasteiger partial charge is 0.485 e. The highest BCUT2D eigenvalue weighted by Gasteiger charge is 2.55. The van der Waals surface area contributed by atoms with E-state index in [1.165, 1.54) is 19.9 Å². The van der Waals surface area contributed by atoms with Gasteiger partial charge in [0.2, 0.25) is 17.2 Å². The minimum atomic E-state index is -2.00. The van der Waals surface area contributed by atoms with E-state index in [1.807, 2.05) is 24.0 Å². The first-order valence-electron chi connectivity index (χ1n) is 10.7. The van der Waals surface area contributed by atoms with Gasteiger partial charge in [-0.15, -0.1) is 0 Å². The molecule has 4 aliphatic rings. The van der Waals surface area contributed by atoms with E-state index in [1.54, 1.807) is 18.4 Å². The topological polar surface area (TPSA) is 113 Å². The summed E-state index contributed by atoms with van der Waals surface area (Å²) in [7, 11) is 0. The summed E-state index contributed by atoms with van der Waals surface area (Å²) in [6.07, 6.45) is 8.26. The summed E-state index contributed by atoms with van der Waals surface area (Å²) in [5.74, 6) is -1.59. The maximum atomic E-state index is 13.5. The van der Waals surface area contributed by atoms with E-state index < -0.39 is 41.4 Å². The fourth-order valence-electron chi connectivity index (χ4n) is 4.59. The summed E-state index contributed by atoms with van der Waals surface area (Å²) in [4.78, 5) is 40.6. The zero-order chi connectivity index (χ0) is 23.2. The molecule has 4 rings (SSSR count). The first kappa shape index (κ1) is 22.2. The number of rotatable bonds is 5. The van der Waals surface area contributed by atoms with Gasteiger partial charge in [-0.05, 0) is 44.9 Å². The Morgan fingerprint density at radius 1 is 1.38 bits per heavy atom. The quantitative estimate of drug-likeness (QED) is 0.372. The number of hydrogen-bond donors (Lipinski definition) is 2. The van der Waals surface area contributed by atoms with E-state index in [9.17, 15) is 24.6 Å². The predicted molar refractivity (Wildman–Crippen MR) is 114 cm³/mol. The van der Waals surface area contributed by atoms with Crippen LogP contribution in [0.4, 0.5) is 0 Å². The summed E-state index contributed by atoms with van der Waals surface area (Å²) in [6, 6.07) is -0.318. The Hall–Kier alpha value is -2.97. The third-order valence-corrected chi connectivity index (χ3v) is 6.19. The van der Waals surface area contributed by atoms with Crippen molar-refractivity contribution in [2.24, 2.45) is 0 Å². The summed E-state index contributed by atoms with van der Waals surface area (Å²) >= 11 is 0. The number of esters is 1. The lowest BCUT2D eigenvalue weighted by Crippen LogP contribution is -2.56. The van der Waals surface area contributed by atoms with Crippen molar-refractivity contribution in [2.45, 2.75) is 63.6 Å². The number of aliphatic hydroxyl groups excluding tert-OH is 2. The maximum absolute atomic E-state index is 13.5. The lowest BCUT2D eigenvalue weighted by atomic mass is 9.73. The average Bonchev–Trinajstić information content (AvgIpc) is 3.11. The highest BCUT2D eigenvalue weighted by molar-refractivity contribution is 6.26. The van der Waals surface area contributed by atoms with Crippen LogP contribution in [0.2, 0.25) is 0 Å². The molecule has 0 aromatic heterocycles. The number of hydrogen-bond acceptors (Lipinski definition) is 8. The molecule has 1 saturated heterocycles. The van der Waals surface area contributed by atoms with Crippen LogP contribution < -0.4 is 0 Å². The molecule has 0 saturated carbocycles. The molecule has 0 spiro atoms. The van der Waals surface area contributed by atoms with Crippen molar-refractivity contribution in [3.63, 3.8) is 0 Å². The molecule has 5 atom stereocenters. The van der Waals surface area contributed by atoms with Crippen LogP contribution in [0.3, 0.4) is 0 Å². The van der Waals surface area contributed by atoms with E-state index in [2.05, 4.69) is 0 Å². The van der Waals surface area contributed by atoms with Gasteiger partial charge in [-0.1, -0.05) is 18.2 Å². The third kappa shape index (κ3) is 3.53. The van der Waals surface area contributed by atoms with Crippen LogP contribution in [-0.2, 0) is 23.9 Å². The van der Waals surface area contributed by atoms with Crippen LogP contribution >= 0.6 is 0 Å². The fourth-order valence-corrected chi connectivity index (χ4v) is 4.59. The molecule has 0 radical (unpaired) electrons. The molecular formula is C24H27NO7. The van der Waals surface area contributed by atoms with Crippen molar-refractivity contribution in [1.29, 1.82) is 0 Å². The molecule has 3 unspecified atom stereocenters. The van der Waals surface area contributed by atoms with Crippen molar-refractivity contribution < 1.29 is 34.1 Å². The summed E-state index contributed by atoms with van der Waals surface area (Å²) in [6.45, 7) is 5.10. The zero-order valence-electron chi connectivity index (χ0n) is 18.3. The summed E-state index contributed by atoms with van der Waals surface area (Å²) < 4.78 is 11.4. The van der Waals surface area contributed by atoms with Crippen molar-refractivity contribution in [3.05, 3.63) is 59.1 Å². The predicted octanol–water partition coefficient (Wildman–Crippen LogP) is 1.26. The van der Waals surface area contributed by atoms with Gasteiger partial charge in [0.15, 0.2) is 0 Å². The monoisotopic (exact) mass is 441 g/mol. The number of piperidine rings is 1. The lowest BCUT2D eigenvalue weighted by molar-refractivity contribution is -0.170. The van der Waals surface area contributed by atoms with Gasteiger partial charge in [-0.2, -0.15) is 0 Å². The Kier molecular flexibility index (Phi) is 5.68. The van der Waals surface area contributed by atoms with Gasteiger partial charge in [0.25, 0.3) is 0 Å². The van der Waals surface area contributed by atoms with E-state index in [0.29, 0.717) is 29.9 Å². The highest BCUT2D eigenvalue weighted by Crippen LogP contribution is 2.47. The Bertz CT molecular complexity index is 1020. The maximum Gasteiger partial charge on any atom is 0.309 e. The van der Waals surface area contributed by atoms with Crippen LogP contribution in [0.15, 0.2) is 59.1 Å². The number of allylic oxidation sites excluding steroid dienone is 4. The van der Waals surface area contributed by atoms with Crippen molar-refractivity contribution in [3.8, 4) is 0 Å². The lowest BCUT2D eigenvalue weighted by Gasteiger charge is -2.44. The molecule has 0 amide bonds. The number of nitrogens with zero attached hydrogens (tertiary/aromatic N) is 1. The van der Waals surface area contributed by atoms with Crippen LogP contribution in [0.1, 0.15) is 33.6 Å². The molecule has 170 valence electrons. The van der Waals surface area contributed by atoms with Crippen molar-refractivity contribution in [2.75, 3.05) is 6.54 Å². The normalized spacial score (nSPS) is 32.5. The molecule has 8 heteroatoms. The van der Waals surface area contributed by atoms with Crippen LogP contribution in [0, 0.1) is 0 Å². The van der Waals surface area contributed by atoms with Gasteiger partial charge < -0.3 is 24.6 Å². The third-order valence-electron chi connectivity index (χ3n) is 6.19. The Labute approximate surface area is 186 Å². The second-order valence-electron chi connectivity index (χ2n) is 8.64. The minimum absolute atomic E-state index is 0.265. The van der Waals surface area contributed by atoms with Gasteiger partial charge in [0, 0.05) is 23.9 Å². The smallest absolute Gasteiger partial charge is 0.309 e. The van der Waals surface area contributed by atoms with E-state index in [-0.39, 0.29) is 18.0 Å². The standard InChI is InChI=1S/C24H27NO7/c1-4-5-6-7-17-20-14-11-18(28)24(3,32-19(29)10-13(2)26)23(30)15(14)12-25-9-8-16(27)22(31-17)21(20)25/h4-7,11-13,16,21-22,26-27H,8-10H2,1-3H3/b5-4+,7-6+/t13?,16-,21?,22-,24?/m0/s1. The second-order valence-corrected chi connectivity index (χ2v) is 8.64. The number of carbonyl (C=O) groups is 3. The SMILES string of the molecule is C/C=C/C=C/C1=C2C3=CC(=O)C(C)(OC(=O)CC(C)O)C(=O)C3=CN3CC[C@H](O)[C@H](O1)C23. The van der Waals surface area contributed by atoms with Gasteiger partial charge >= 0.3 is 5.97 Å². The molecule has 3 aliphatic heterocycles. The minimum Gasteiger partial charge on any atom is -0.485 e. The fraction of sp³-hybridized carbons (Fsp3) is 0.458. The van der Waals surface area contributed by atoms with Gasteiger partial charge in [0.05, 0.1) is 24.7 Å². The van der Waals surface area contributed by atoms with Crippen molar-refractivity contribution in [1.82, 2.24) is 4.90 Å². The molecular weight excluding hydrogens is 414 g/mol. The molecule has 32 heavy (non-hydrogen) atoms. The van der Waals surface area contributed by atoms with E-state index in [4.69, 9.17) is 9.47 Å². The van der Waals surface area contributed by atoms with E-state index in [0.717, 1.165) is 0 Å². The van der Waals surface area contributed by atoms with Gasteiger partial charge in [0.1, 0.15) is 11.9 Å². The van der Waals surface area contributed by atoms with Crippen LogP contribution in [-0.4, -0.2) is 69.1 Å². The van der Waals surface area contributed by atoms with Gasteiger partial charge in [-0.25, -0.2) is 0 Å². The average molecular weight is 441 g/mol. The molecule has 1 aliphatic carbocycles. The van der Waals surface area contributed by atoms with E-state index >= 15 is 0 Å². The Balaban J connectivity index is 1.79. The number of carbonyl (C=O) groups excluding carboxylic acids is 3. The Morgan fingerprint density at radius 3 is 2.81 bits per heavy atom. The number of aliphatic hydroxyl groups is 2. The summed E-state index contributed by atoms with van der Waals surface area (Å²) in [5, 5.41) is 20.0. The number of Topliss-reactive ketones (excluding diaryl/α,β-unsaturated/α-hetero) is 1. The Morgan fingerprint density at radius 2 is 2.12 bits per heavy atom. The first-order valence-corrected chi connectivity index (χ1v) is 10.7. The highest BCUT2D eigenvalue weighted by atomic mass is 16.6. The number of ether oxygens (including phenoxy) is 2. The van der Waals surface area contributed by atoms with Crippen LogP contribution in [0.5, 0.6) is 0 Å². The molecule has 2 N–H and O–H groups in total. The number of fused-ring (bicyclic) bond motifs is 2. The summed E-state index contributed by atoms with van der Waals surface area (Å²) in [5.41, 5.74) is -0.627. The van der Waals surface area contributed by atoms with Crippen molar-refractivity contribution >= 4 is 17.5 Å². The molecule has 0 bridgehead atoms. The first-order chi connectivity index (χ1) is 15.2. The van der Waals surface area contributed by atoms with Gasteiger partial charge in [-0.3, -0.25) is 14.4 Å². The molecule has 0 aromatic rings. The molecule has 0 aromatic carbocycles. The molecule has 8 nitrogen and oxygen atoms in total. The second kappa shape index (κ2) is 8.18. The molecule has 1 fully saturated rings. The molecule has 3 heterocycles. The van der Waals surface area contributed by atoms with Crippen LogP contribution in [0.25, 0.3) is 0 Å².